The van der Waals surface area contributed by atoms with Crippen molar-refractivity contribution in [1.82, 2.24) is 0 Å². The Hall–Kier alpha value is -1.50. The van der Waals surface area contributed by atoms with Gasteiger partial charge < -0.3 is 10.0 Å². The van der Waals surface area contributed by atoms with Crippen molar-refractivity contribution < 1.29 is 23.5 Å². The van der Waals surface area contributed by atoms with Gasteiger partial charge in [-0.25, -0.2) is 13.6 Å². The lowest BCUT2D eigenvalue weighted by Gasteiger charge is -2.17. The van der Waals surface area contributed by atoms with Gasteiger partial charge in [0, 0.05) is 17.8 Å². The van der Waals surface area contributed by atoms with E-state index >= 15 is 0 Å². The zero-order chi connectivity index (χ0) is 13.4. The van der Waals surface area contributed by atoms with E-state index in [1.54, 1.807) is 0 Å². The Balaban J connectivity index is 2.45. The molecular formula is C11H8BrF2NO3. The number of rotatable bonds is 2. The van der Waals surface area contributed by atoms with Crippen LogP contribution in [0, 0.1) is 11.6 Å². The van der Waals surface area contributed by atoms with Gasteiger partial charge in [0.15, 0.2) is 11.6 Å². The van der Waals surface area contributed by atoms with Crippen molar-refractivity contribution in [3.05, 3.63) is 29.3 Å². The summed E-state index contributed by atoms with van der Waals surface area (Å²) in [5.74, 6) is -4.65. The highest BCUT2D eigenvalue weighted by atomic mass is 79.9. The van der Waals surface area contributed by atoms with E-state index in [2.05, 4.69) is 15.9 Å². The van der Waals surface area contributed by atoms with Crippen LogP contribution < -0.4 is 4.90 Å². The molecule has 1 atom stereocenters. The SMILES string of the molecule is O=C(O)c1ccc(N2CC(Br)CC2=O)c(F)c1F. The molecule has 18 heavy (non-hydrogen) atoms. The van der Waals surface area contributed by atoms with Crippen molar-refractivity contribution in [3.63, 3.8) is 0 Å². The molecular weight excluding hydrogens is 312 g/mol. The molecule has 1 unspecified atom stereocenters. The molecule has 1 aliphatic heterocycles. The van der Waals surface area contributed by atoms with E-state index in [1.165, 1.54) is 0 Å². The molecule has 1 amide bonds. The largest absolute Gasteiger partial charge is 0.478 e. The number of nitrogens with zero attached hydrogens (tertiary/aromatic N) is 1. The van der Waals surface area contributed by atoms with E-state index in [0.717, 1.165) is 17.0 Å². The summed E-state index contributed by atoms with van der Waals surface area (Å²) in [5, 5.41) is 8.65. The van der Waals surface area contributed by atoms with Crippen molar-refractivity contribution in [3.8, 4) is 0 Å². The van der Waals surface area contributed by atoms with Crippen LogP contribution in [0.15, 0.2) is 12.1 Å². The third-order valence-corrected chi connectivity index (χ3v) is 3.27. The summed E-state index contributed by atoms with van der Waals surface area (Å²) in [6.07, 6.45) is 0.196. The molecule has 0 bridgehead atoms. The molecule has 1 aliphatic rings. The maximum atomic E-state index is 13.7. The minimum Gasteiger partial charge on any atom is -0.478 e. The number of hydrogen-bond acceptors (Lipinski definition) is 2. The highest BCUT2D eigenvalue weighted by Crippen LogP contribution is 2.29. The molecule has 0 radical (unpaired) electrons. The van der Waals surface area contributed by atoms with Crippen LogP contribution in [0.4, 0.5) is 14.5 Å². The Bertz CT molecular complexity index is 535. The van der Waals surface area contributed by atoms with E-state index < -0.39 is 23.2 Å². The molecule has 1 aromatic rings. The highest BCUT2D eigenvalue weighted by Gasteiger charge is 2.32. The molecule has 1 fully saturated rings. The summed E-state index contributed by atoms with van der Waals surface area (Å²) in [6, 6.07) is 2.05. The fourth-order valence-corrected chi connectivity index (χ4v) is 2.38. The first-order valence-electron chi connectivity index (χ1n) is 5.07. The zero-order valence-corrected chi connectivity index (χ0v) is 10.6. The van der Waals surface area contributed by atoms with E-state index in [4.69, 9.17) is 5.11 Å². The van der Waals surface area contributed by atoms with E-state index in [9.17, 15) is 18.4 Å². The number of amides is 1. The number of alkyl halides is 1. The molecule has 1 aromatic carbocycles. The van der Waals surface area contributed by atoms with E-state index in [1.807, 2.05) is 0 Å². The number of aromatic carboxylic acids is 1. The summed E-state index contributed by atoms with van der Waals surface area (Å²) in [5.41, 5.74) is -0.984. The topological polar surface area (TPSA) is 57.6 Å². The Morgan fingerprint density at radius 1 is 1.39 bits per heavy atom. The van der Waals surface area contributed by atoms with Crippen LogP contribution in [0.25, 0.3) is 0 Å². The molecule has 0 spiro atoms. The summed E-state index contributed by atoms with van der Waals surface area (Å²) >= 11 is 3.22. The minimum atomic E-state index is -1.55. The summed E-state index contributed by atoms with van der Waals surface area (Å²) in [7, 11) is 0. The number of anilines is 1. The summed E-state index contributed by atoms with van der Waals surface area (Å²) in [6.45, 7) is 0.224. The van der Waals surface area contributed by atoms with Crippen LogP contribution in [0.1, 0.15) is 16.8 Å². The predicted molar refractivity (Wildman–Crippen MR) is 63.0 cm³/mol. The third kappa shape index (κ3) is 2.10. The van der Waals surface area contributed by atoms with Gasteiger partial charge in [-0.1, -0.05) is 15.9 Å². The lowest BCUT2D eigenvalue weighted by Crippen LogP contribution is -2.26. The average molecular weight is 320 g/mol. The van der Waals surface area contributed by atoms with Gasteiger partial charge in [-0.3, -0.25) is 4.79 Å². The summed E-state index contributed by atoms with van der Waals surface area (Å²) < 4.78 is 27.2. The number of carboxylic acids is 1. The first-order valence-corrected chi connectivity index (χ1v) is 5.99. The fourth-order valence-electron chi connectivity index (χ4n) is 1.81. The number of benzene rings is 1. The van der Waals surface area contributed by atoms with Gasteiger partial charge in [-0.05, 0) is 12.1 Å². The molecule has 0 aromatic heterocycles. The minimum absolute atomic E-state index is 0.119. The number of carboxylic acid groups (broad SMARTS) is 1. The highest BCUT2D eigenvalue weighted by molar-refractivity contribution is 9.09. The fraction of sp³-hybridized carbons (Fsp3) is 0.273. The molecule has 4 nitrogen and oxygen atoms in total. The van der Waals surface area contributed by atoms with E-state index in [-0.39, 0.29) is 29.4 Å². The Morgan fingerprint density at radius 2 is 2.06 bits per heavy atom. The Kier molecular flexibility index (Phi) is 3.34. The second-order valence-corrected chi connectivity index (χ2v) is 5.17. The molecule has 96 valence electrons. The maximum absolute atomic E-state index is 13.7. The first kappa shape index (κ1) is 12.9. The Morgan fingerprint density at radius 3 is 2.56 bits per heavy atom. The number of carbonyl (C=O) groups is 2. The lowest BCUT2D eigenvalue weighted by atomic mass is 10.1. The van der Waals surface area contributed by atoms with Gasteiger partial charge in [0.05, 0.1) is 11.3 Å². The number of hydrogen-bond donors (Lipinski definition) is 1. The number of carbonyl (C=O) groups excluding carboxylic acids is 1. The molecule has 1 heterocycles. The van der Waals surface area contributed by atoms with Crippen LogP contribution in [0.5, 0.6) is 0 Å². The van der Waals surface area contributed by atoms with Gasteiger partial charge >= 0.3 is 5.97 Å². The van der Waals surface area contributed by atoms with Crippen LogP contribution >= 0.6 is 15.9 Å². The van der Waals surface area contributed by atoms with Crippen molar-refractivity contribution in [1.29, 1.82) is 0 Å². The van der Waals surface area contributed by atoms with Gasteiger partial charge in [0.2, 0.25) is 5.91 Å². The van der Waals surface area contributed by atoms with Crippen LogP contribution in [0.2, 0.25) is 0 Å². The predicted octanol–water partition coefficient (Wildman–Crippen LogP) is 2.16. The van der Waals surface area contributed by atoms with Crippen LogP contribution in [0.3, 0.4) is 0 Å². The molecule has 1 saturated heterocycles. The molecule has 0 aliphatic carbocycles. The number of halogens is 3. The zero-order valence-electron chi connectivity index (χ0n) is 8.99. The van der Waals surface area contributed by atoms with Crippen LogP contribution in [-0.4, -0.2) is 28.4 Å². The second-order valence-electron chi connectivity index (χ2n) is 3.87. The maximum Gasteiger partial charge on any atom is 0.338 e. The van der Waals surface area contributed by atoms with Gasteiger partial charge in [-0.15, -0.1) is 0 Å². The van der Waals surface area contributed by atoms with Crippen LogP contribution in [-0.2, 0) is 4.79 Å². The Labute approximate surface area is 109 Å². The lowest BCUT2D eigenvalue weighted by molar-refractivity contribution is -0.117. The monoisotopic (exact) mass is 319 g/mol. The summed E-state index contributed by atoms with van der Waals surface area (Å²) in [4.78, 5) is 23.2. The van der Waals surface area contributed by atoms with Gasteiger partial charge in [-0.2, -0.15) is 0 Å². The van der Waals surface area contributed by atoms with Crippen molar-refractivity contribution in [2.75, 3.05) is 11.4 Å². The molecule has 0 saturated carbocycles. The second kappa shape index (κ2) is 4.64. The first-order chi connectivity index (χ1) is 8.41. The van der Waals surface area contributed by atoms with Crippen molar-refractivity contribution >= 4 is 33.5 Å². The smallest absolute Gasteiger partial charge is 0.338 e. The molecule has 1 N–H and O–H groups in total. The van der Waals surface area contributed by atoms with Gasteiger partial charge in [0.1, 0.15) is 0 Å². The van der Waals surface area contributed by atoms with Crippen molar-refractivity contribution in [2.45, 2.75) is 11.2 Å². The standard InChI is InChI=1S/C11H8BrF2NO3/c12-5-3-8(16)15(4-5)7-2-1-6(11(17)18)9(13)10(7)14/h1-2,5H,3-4H2,(H,17,18). The van der Waals surface area contributed by atoms with Crippen molar-refractivity contribution in [2.24, 2.45) is 0 Å². The molecule has 2 rings (SSSR count). The third-order valence-electron chi connectivity index (χ3n) is 2.66. The van der Waals surface area contributed by atoms with Gasteiger partial charge in [0.25, 0.3) is 0 Å². The normalized spacial score (nSPS) is 19.4. The van der Waals surface area contributed by atoms with E-state index in [0.29, 0.717) is 0 Å². The quantitative estimate of drug-likeness (QED) is 0.850. The average Bonchev–Trinajstić information content (AvgIpc) is 2.61. The molecule has 7 heteroatoms.